The number of rotatable bonds is 4. The molecule has 0 radical (unpaired) electrons. The number of hydrogen-bond acceptors (Lipinski definition) is 3. The van der Waals surface area contributed by atoms with E-state index in [-0.39, 0.29) is 11.4 Å². The maximum absolute atomic E-state index is 12.9. The summed E-state index contributed by atoms with van der Waals surface area (Å²) in [6.45, 7) is 0. The van der Waals surface area contributed by atoms with E-state index >= 15 is 0 Å². The molecule has 27 heavy (non-hydrogen) atoms. The van der Waals surface area contributed by atoms with Crippen LogP contribution in [-0.2, 0) is 22.4 Å². The monoisotopic (exact) mass is 412 g/mol. The summed E-state index contributed by atoms with van der Waals surface area (Å²) in [5.74, 6) is 0. The Morgan fingerprint density at radius 1 is 0.815 bits per heavy atom. The largest absolute Gasteiger partial charge is 0.416 e. The lowest BCUT2D eigenvalue weighted by Gasteiger charge is -2.20. The third-order valence-electron chi connectivity index (χ3n) is 3.54. The van der Waals surface area contributed by atoms with Crippen LogP contribution in [-0.4, -0.2) is 22.5 Å². The van der Waals surface area contributed by atoms with Crippen LogP contribution in [0, 0.1) is 0 Å². The van der Waals surface area contributed by atoms with E-state index in [0.29, 0.717) is 18.2 Å². The average molecular weight is 412 g/mol. The summed E-state index contributed by atoms with van der Waals surface area (Å²) in [6.07, 6.45) is -9.34. The molecular formula is C16H14F6N2O2S. The molecule has 0 aliphatic rings. The average Bonchev–Trinajstić information content (AvgIpc) is 2.52. The van der Waals surface area contributed by atoms with Crippen LogP contribution in [0.25, 0.3) is 0 Å². The van der Waals surface area contributed by atoms with E-state index < -0.39 is 38.4 Å². The molecule has 0 aromatic heterocycles. The van der Waals surface area contributed by atoms with Crippen molar-refractivity contribution in [3.05, 3.63) is 53.6 Å². The Hall–Kier alpha value is -2.43. The standard InChI is InChI=1S/C16H14F6N2O2S/c1-24(2)14-8-5-11(16(20,21)22)9-13(14)23-27(25,26)12-6-3-10(4-7-12)15(17,18)19/h3-9,23H,1-2H3. The summed E-state index contributed by atoms with van der Waals surface area (Å²) in [7, 11) is -1.41. The molecule has 0 saturated carbocycles. The van der Waals surface area contributed by atoms with Gasteiger partial charge in [0.15, 0.2) is 0 Å². The molecule has 0 aliphatic carbocycles. The number of hydrogen-bond donors (Lipinski definition) is 1. The van der Waals surface area contributed by atoms with Crippen molar-refractivity contribution >= 4 is 21.4 Å². The fourth-order valence-electron chi connectivity index (χ4n) is 2.21. The minimum atomic E-state index is -4.70. The fourth-order valence-corrected chi connectivity index (χ4v) is 3.28. The van der Waals surface area contributed by atoms with Crippen LogP contribution >= 0.6 is 0 Å². The van der Waals surface area contributed by atoms with Gasteiger partial charge in [-0.25, -0.2) is 8.42 Å². The number of nitrogens with one attached hydrogen (secondary N) is 1. The highest BCUT2D eigenvalue weighted by atomic mass is 32.2. The first-order valence-electron chi connectivity index (χ1n) is 7.30. The summed E-state index contributed by atoms with van der Waals surface area (Å²) in [5, 5.41) is 0. The third-order valence-corrected chi connectivity index (χ3v) is 4.92. The molecule has 0 spiro atoms. The molecule has 0 fully saturated rings. The van der Waals surface area contributed by atoms with Crippen molar-refractivity contribution in [3.8, 4) is 0 Å². The van der Waals surface area contributed by atoms with Crippen LogP contribution in [0.2, 0.25) is 0 Å². The van der Waals surface area contributed by atoms with Crippen molar-refractivity contribution in [1.29, 1.82) is 0 Å². The van der Waals surface area contributed by atoms with E-state index in [2.05, 4.69) is 0 Å². The van der Waals surface area contributed by atoms with Gasteiger partial charge in [0.05, 0.1) is 27.4 Å². The molecule has 0 heterocycles. The molecule has 148 valence electrons. The van der Waals surface area contributed by atoms with E-state index in [1.165, 1.54) is 19.0 Å². The lowest BCUT2D eigenvalue weighted by Crippen LogP contribution is -2.18. The minimum absolute atomic E-state index is 0.151. The van der Waals surface area contributed by atoms with Crippen LogP contribution in [0.3, 0.4) is 0 Å². The molecule has 4 nitrogen and oxygen atoms in total. The maximum Gasteiger partial charge on any atom is 0.416 e. The maximum atomic E-state index is 12.9. The van der Waals surface area contributed by atoms with Crippen molar-refractivity contribution in [2.45, 2.75) is 17.2 Å². The number of alkyl halides is 6. The zero-order valence-electron chi connectivity index (χ0n) is 14.0. The van der Waals surface area contributed by atoms with Gasteiger partial charge in [0.25, 0.3) is 10.0 Å². The van der Waals surface area contributed by atoms with Crippen molar-refractivity contribution in [2.24, 2.45) is 0 Å². The Labute approximate surface area is 151 Å². The molecule has 0 unspecified atom stereocenters. The summed E-state index contributed by atoms with van der Waals surface area (Å²) in [5.41, 5.74) is -2.32. The predicted octanol–water partition coefficient (Wildman–Crippen LogP) is 4.59. The van der Waals surface area contributed by atoms with Gasteiger partial charge in [-0.05, 0) is 42.5 Å². The van der Waals surface area contributed by atoms with Crippen LogP contribution in [0.1, 0.15) is 11.1 Å². The van der Waals surface area contributed by atoms with E-state index in [0.717, 1.165) is 24.3 Å². The van der Waals surface area contributed by atoms with Gasteiger partial charge in [-0.1, -0.05) is 0 Å². The highest BCUT2D eigenvalue weighted by Gasteiger charge is 2.32. The number of sulfonamides is 1. The van der Waals surface area contributed by atoms with E-state index in [9.17, 15) is 34.8 Å². The molecule has 0 bridgehead atoms. The molecule has 2 aromatic carbocycles. The topological polar surface area (TPSA) is 49.4 Å². The summed E-state index contributed by atoms with van der Waals surface area (Å²) < 4.78 is 103. The molecule has 2 aromatic rings. The molecule has 11 heteroatoms. The molecule has 0 saturated heterocycles. The quantitative estimate of drug-likeness (QED) is 0.748. The SMILES string of the molecule is CN(C)c1ccc(C(F)(F)F)cc1NS(=O)(=O)c1ccc(C(F)(F)F)cc1. The molecular weight excluding hydrogens is 398 g/mol. The second-order valence-electron chi connectivity index (χ2n) is 5.75. The first-order valence-corrected chi connectivity index (χ1v) is 8.79. The van der Waals surface area contributed by atoms with Gasteiger partial charge < -0.3 is 4.90 Å². The van der Waals surface area contributed by atoms with Gasteiger partial charge in [-0.3, -0.25) is 4.72 Å². The number of anilines is 2. The normalized spacial score (nSPS) is 12.7. The Kier molecular flexibility index (Phi) is 5.37. The molecule has 0 aliphatic heterocycles. The minimum Gasteiger partial charge on any atom is -0.376 e. The second kappa shape index (κ2) is 6.95. The summed E-state index contributed by atoms with van der Waals surface area (Å²) in [4.78, 5) is 0.878. The number of nitrogens with zero attached hydrogens (tertiary/aromatic N) is 1. The summed E-state index contributed by atoms with van der Waals surface area (Å²) in [6, 6.07) is 5.12. The van der Waals surface area contributed by atoms with E-state index in [4.69, 9.17) is 0 Å². The van der Waals surface area contributed by atoms with Gasteiger partial charge in [0.2, 0.25) is 0 Å². The van der Waals surface area contributed by atoms with Crippen molar-refractivity contribution in [3.63, 3.8) is 0 Å². The lowest BCUT2D eigenvalue weighted by atomic mass is 10.1. The van der Waals surface area contributed by atoms with Gasteiger partial charge in [0.1, 0.15) is 0 Å². The Morgan fingerprint density at radius 2 is 1.30 bits per heavy atom. The van der Waals surface area contributed by atoms with Crippen LogP contribution in [0.5, 0.6) is 0 Å². The first-order chi connectivity index (χ1) is 12.2. The van der Waals surface area contributed by atoms with Crippen LogP contribution < -0.4 is 9.62 Å². The Balaban J connectivity index is 2.44. The van der Waals surface area contributed by atoms with Gasteiger partial charge in [-0.15, -0.1) is 0 Å². The smallest absolute Gasteiger partial charge is 0.376 e. The highest BCUT2D eigenvalue weighted by molar-refractivity contribution is 7.92. The van der Waals surface area contributed by atoms with Gasteiger partial charge in [-0.2, -0.15) is 26.3 Å². The van der Waals surface area contributed by atoms with Crippen molar-refractivity contribution in [1.82, 2.24) is 0 Å². The van der Waals surface area contributed by atoms with Gasteiger partial charge >= 0.3 is 12.4 Å². The van der Waals surface area contributed by atoms with Crippen LogP contribution in [0.15, 0.2) is 47.4 Å². The Bertz CT molecular complexity index is 919. The van der Waals surface area contributed by atoms with Gasteiger partial charge in [0, 0.05) is 14.1 Å². The van der Waals surface area contributed by atoms with Crippen LogP contribution in [0.4, 0.5) is 37.7 Å². The van der Waals surface area contributed by atoms with Crippen molar-refractivity contribution < 1.29 is 34.8 Å². The molecule has 0 atom stereocenters. The molecule has 1 N–H and O–H groups in total. The lowest BCUT2D eigenvalue weighted by molar-refractivity contribution is -0.138. The summed E-state index contributed by atoms with van der Waals surface area (Å²) >= 11 is 0. The number of benzene rings is 2. The fraction of sp³-hybridized carbons (Fsp3) is 0.250. The first kappa shape index (κ1) is 20.9. The van der Waals surface area contributed by atoms with E-state index in [1.54, 1.807) is 0 Å². The number of halogens is 6. The van der Waals surface area contributed by atoms with E-state index in [1.807, 2.05) is 4.72 Å². The zero-order valence-corrected chi connectivity index (χ0v) is 14.8. The molecule has 2 rings (SSSR count). The highest BCUT2D eigenvalue weighted by Crippen LogP contribution is 2.36. The predicted molar refractivity (Wildman–Crippen MR) is 88.0 cm³/mol. The third kappa shape index (κ3) is 4.85. The second-order valence-corrected chi connectivity index (χ2v) is 7.43. The van der Waals surface area contributed by atoms with Crippen molar-refractivity contribution in [2.75, 3.05) is 23.7 Å². The Morgan fingerprint density at radius 3 is 1.74 bits per heavy atom. The zero-order chi connectivity index (χ0) is 20.6. The molecule has 0 amide bonds.